The summed E-state index contributed by atoms with van der Waals surface area (Å²) in [6.45, 7) is 4.53. The summed E-state index contributed by atoms with van der Waals surface area (Å²) < 4.78 is 34.5. The first-order valence-electron chi connectivity index (χ1n) is 16.0. The molecule has 0 aliphatic heterocycles. The first kappa shape index (κ1) is 32.8. The number of hydrogen-bond acceptors (Lipinski definition) is 2. The molecule has 2 aromatic rings. The molecule has 0 radical (unpaired) electrons. The van der Waals surface area contributed by atoms with Crippen LogP contribution in [-0.4, -0.2) is 13.0 Å². The van der Waals surface area contributed by atoms with Gasteiger partial charge in [0.2, 0.25) is 0 Å². The van der Waals surface area contributed by atoms with Crippen molar-refractivity contribution >= 4 is 20.9 Å². The predicted octanol–water partition coefficient (Wildman–Crippen LogP) is 11.0. The lowest BCUT2D eigenvalue weighted by Gasteiger charge is -2.16. The monoisotopic (exact) mass is 544 g/mol. The minimum atomic E-state index is -4.27. The van der Waals surface area contributed by atoms with Crippen LogP contribution in [0.3, 0.4) is 0 Å². The van der Waals surface area contributed by atoms with E-state index in [1.807, 2.05) is 12.1 Å². The maximum Gasteiger partial charge on any atom is 0.295 e. The molecule has 0 fully saturated rings. The molecule has 0 heterocycles. The van der Waals surface area contributed by atoms with Crippen LogP contribution in [0.5, 0.6) is 0 Å². The lowest BCUT2D eigenvalue weighted by molar-refractivity contribution is 0.484. The zero-order valence-corrected chi connectivity index (χ0v) is 25.4. The van der Waals surface area contributed by atoms with Crippen molar-refractivity contribution in [3.05, 3.63) is 41.5 Å². The molecular weight excluding hydrogens is 488 g/mol. The molecule has 0 saturated heterocycles. The van der Waals surface area contributed by atoms with Gasteiger partial charge < -0.3 is 0 Å². The third kappa shape index (κ3) is 12.6. The fourth-order valence-electron chi connectivity index (χ4n) is 5.79. The zero-order chi connectivity index (χ0) is 27.5. The van der Waals surface area contributed by atoms with E-state index < -0.39 is 10.1 Å². The first-order valence-corrected chi connectivity index (χ1v) is 17.4. The van der Waals surface area contributed by atoms with Crippen molar-refractivity contribution in [2.45, 2.75) is 160 Å². The number of aryl methyl sites for hydroxylation is 2. The molecule has 0 saturated carbocycles. The highest BCUT2D eigenvalue weighted by atomic mass is 32.2. The summed E-state index contributed by atoms with van der Waals surface area (Å²) in [4.78, 5) is 0.0713. The van der Waals surface area contributed by atoms with Crippen LogP contribution in [-0.2, 0) is 23.0 Å². The summed E-state index contributed by atoms with van der Waals surface area (Å²) in [7, 11) is -4.27. The van der Waals surface area contributed by atoms with Gasteiger partial charge in [-0.15, -0.1) is 0 Å². The van der Waals surface area contributed by atoms with E-state index in [4.69, 9.17) is 0 Å². The van der Waals surface area contributed by atoms with Crippen LogP contribution in [0.25, 0.3) is 10.8 Å². The second kappa shape index (κ2) is 19.6. The van der Waals surface area contributed by atoms with Gasteiger partial charge >= 0.3 is 0 Å². The maximum absolute atomic E-state index is 12.3. The van der Waals surface area contributed by atoms with Crippen LogP contribution >= 0.6 is 0 Å². The lowest BCUT2D eigenvalue weighted by Crippen LogP contribution is -2.04. The van der Waals surface area contributed by atoms with Crippen molar-refractivity contribution in [3.63, 3.8) is 0 Å². The number of benzene rings is 2. The zero-order valence-electron chi connectivity index (χ0n) is 24.6. The molecule has 216 valence electrons. The second-order valence-electron chi connectivity index (χ2n) is 11.4. The van der Waals surface area contributed by atoms with Gasteiger partial charge in [-0.2, -0.15) is 8.42 Å². The molecule has 2 aromatic carbocycles. The van der Waals surface area contributed by atoms with Gasteiger partial charge in [0.15, 0.2) is 0 Å². The van der Waals surface area contributed by atoms with E-state index in [0.29, 0.717) is 0 Å². The van der Waals surface area contributed by atoms with Gasteiger partial charge in [0.05, 0.1) is 0 Å². The van der Waals surface area contributed by atoms with E-state index in [-0.39, 0.29) is 4.90 Å². The van der Waals surface area contributed by atoms with Gasteiger partial charge in [0.25, 0.3) is 10.1 Å². The summed E-state index contributed by atoms with van der Waals surface area (Å²) in [5.74, 6) is 0. The van der Waals surface area contributed by atoms with Crippen molar-refractivity contribution in [2.24, 2.45) is 0 Å². The van der Waals surface area contributed by atoms with E-state index >= 15 is 0 Å². The van der Waals surface area contributed by atoms with Crippen LogP contribution in [0.1, 0.15) is 153 Å². The topological polar surface area (TPSA) is 54.4 Å². The SMILES string of the molecule is CCCCCCCCCCCCc1ccc2cccc(S(=O)(=O)O)c2c1CCCCCCCCCCCC. The number of fused-ring (bicyclic) bond motifs is 1. The van der Waals surface area contributed by atoms with E-state index in [1.165, 1.54) is 121 Å². The summed E-state index contributed by atoms with van der Waals surface area (Å²) in [6, 6.07) is 9.51. The molecule has 0 unspecified atom stereocenters. The van der Waals surface area contributed by atoms with Crippen molar-refractivity contribution in [1.82, 2.24) is 0 Å². The molecular formula is C34H56O3S. The Morgan fingerprint density at radius 1 is 0.553 bits per heavy atom. The molecule has 0 atom stereocenters. The Labute approximate surface area is 235 Å². The van der Waals surface area contributed by atoms with E-state index in [0.717, 1.165) is 42.0 Å². The van der Waals surface area contributed by atoms with Crippen LogP contribution in [0.2, 0.25) is 0 Å². The van der Waals surface area contributed by atoms with Crippen molar-refractivity contribution in [3.8, 4) is 0 Å². The largest absolute Gasteiger partial charge is 0.295 e. The van der Waals surface area contributed by atoms with E-state index in [2.05, 4.69) is 19.9 Å². The molecule has 4 heteroatoms. The molecule has 38 heavy (non-hydrogen) atoms. The Kier molecular flexibility index (Phi) is 17.0. The minimum absolute atomic E-state index is 0.0713. The van der Waals surface area contributed by atoms with Crippen molar-refractivity contribution < 1.29 is 13.0 Å². The highest BCUT2D eigenvalue weighted by molar-refractivity contribution is 7.86. The minimum Gasteiger partial charge on any atom is -0.282 e. The van der Waals surface area contributed by atoms with Gasteiger partial charge in [-0.3, -0.25) is 4.55 Å². The maximum atomic E-state index is 12.3. The van der Waals surface area contributed by atoms with Gasteiger partial charge in [-0.1, -0.05) is 154 Å². The molecule has 0 aliphatic rings. The van der Waals surface area contributed by atoms with Gasteiger partial charge in [0.1, 0.15) is 4.90 Å². The molecule has 2 rings (SSSR count). The molecule has 0 spiro atoms. The highest BCUT2D eigenvalue weighted by Gasteiger charge is 2.18. The third-order valence-corrected chi connectivity index (χ3v) is 8.97. The Morgan fingerprint density at radius 2 is 1.00 bits per heavy atom. The molecule has 0 amide bonds. The smallest absolute Gasteiger partial charge is 0.282 e. The molecule has 0 aliphatic carbocycles. The standard InChI is InChI=1S/C34H56O3S/c1-3-5-7-9-11-13-15-17-19-21-24-30-28-29-31-25-23-27-33(38(35,36)37)34(31)32(30)26-22-20-18-16-14-12-10-8-6-4-2/h23,25,27-29H,3-22,24,26H2,1-2H3,(H,35,36,37). The van der Waals surface area contributed by atoms with Crippen LogP contribution < -0.4 is 0 Å². The molecule has 0 bridgehead atoms. The van der Waals surface area contributed by atoms with Crippen molar-refractivity contribution in [2.75, 3.05) is 0 Å². The molecule has 0 aromatic heterocycles. The fraction of sp³-hybridized carbons (Fsp3) is 0.706. The third-order valence-electron chi connectivity index (χ3n) is 8.07. The average Bonchev–Trinajstić information content (AvgIpc) is 2.90. The Hall–Kier alpha value is -1.39. The lowest BCUT2D eigenvalue weighted by atomic mass is 9.91. The number of unbranched alkanes of at least 4 members (excludes halogenated alkanes) is 18. The summed E-state index contributed by atoms with van der Waals surface area (Å²) >= 11 is 0. The summed E-state index contributed by atoms with van der Waals surface area (Å²) in [6.07, 6.45) is 27.9. The van der Waals surface area contributed by atoms with Crippen LogP contribution in [0, 0.1) is 0 Å². The van der Waals surface area contributed by atoms with Gasteiger partial charge in [0, 0.05) is 5.39 Å². The summed E-state index contributed by atoms with van der Waals surface area (Å²) in [5.41, 5.74) is 2.41. The van der Waals surface area contributed by atoms with Crippen molar-refractivity contribution in [1.29, 1.82) is 0 Å². The quantitative estimate of drug-likeness (QED) is 0.112. The Balaban J connectivity index is 1.93. The van der Waals surface area contributed by atoms with Gasteiger partial charge in [-0.05, 0) is 48.3 Å². The van der Waals surface area contributed by atoms with Crippen LogP contribution in [0.4, 0.5) is 0 Å². The normalized spacial score (nSPS) is 12.0. The Bertz CT molecular complexity index is 996. The Morgan fingerprint density at radius 3 is 1.47 bits per heavy atom. The number of rotatable bonds is 23. The first-order chi connectivity index (χ1) is 18.5. The predicted molar refractivity (Wildman–Crippen MR) is 165 cm³/mol. The summed E-state index contributed by atoms with van der Waals surface area (Å²) in [5, 5.41) is 1.66. The van der Waals surface area contributed by atoms with E-state index in [1.54, 1.807) is 12.1 Å². The molecule has 3 nitrogen and oxygen atoms in total. The van der Waals surface area contributed by atoms with E-state index in [9.17, 15) is 13.0 Å². The number of hydrogen-bond donors (Lipinski definition) is 1. The van der Waals surface area contributed by atoms with Crippen LogP contribution in [0.15, 0.2) is 35.2 Å². The van der Waals surface area contributed by atoms with Gasteiger partial charge in [-0.25, -0.2) is 0 Å². The average molecular weight is 545 g/mol. The fourth-order valence-corrected chi connectivity index (χ4v) is 6.54. The highest BCUT2D eigenvalue weighted by Crippen LogP contribution is 2.31. The molecule has 1 N–H and O–H groups in total. The second-order valence-corrected chi connectivity index (χ2v) is 12.8.